The van der Waals surface area contributed by atoms with Gasteiger partial charge in [-0.3, -0.25) is 0 Å². The van der Waals surface area contributed by atoms with E-state index in [1.54, 1.807) is 0 Å². The Morgan fingerprint density at radius 2 is 1.15 bits per heavy atom. The molecule has 1 unspecified atom stereocenters. The molecule has 0 amide bonds. The summed E-state index contributed by atoms with van der Waals surface area (Å²) in [7, 11) is 0. The number of allylic oxidation sites excluding steroid dienone is 1. The minimum Gasteiger partial charge on any atom is -0.224 e. The van der Waals surface area contributed by atoms with Gasteiger partial charge in [-0.05, 0) is 0 Å². The number of rotatable bonds is 3. The van der Waals surface area contributed by atoms with E-state index in [4.69, 9.17) is 0 Å². The minimum absolute atomic E-state index is 1.48. The van der Waals surface area contributed by atoms with Gasteiger partial charge in [0.2, 0.25) is 0 Å². The fraction of sp³-hybridized carbons (Fsp3) is 0.750. The van der Waals surface area contributed by atoms with E-state index in [2.05, 4.69) is 0 Å². The van der Waals surface area contributed by atoms with Crippen LogP contribution in [0.25, 0.3) is 0 Å². The third-order valence-electron chi connectivity index (χ3n) is 2.22. The first-order valence-corrected chi connectivity index (χ1v) is 4.42. The Hall–Kier alpha value is -1.10. The quantitative estimate of drug-likeness (QED) is 0.627. The molecular weight excluding hydrogens is 324 g/mol. The number of hydrogen-bond acceptors (Lipinski definition) is 0. The summed E-state index contributed by atoms with van der Waals surface area (Å²) in [5.74, 6) is -7.21. The second-order valence-electron chi connectivity index (χ2n) is 3.59. The standard InChI is InChI=1S/C8H4F12/c9-2-4(10)3(6(12,13)14)1-5(11,7(15,16)17)8(18,19)20/h2-3H,1H2. The van der Waals surface area contributed by atoms with Crippen molar-refractivity contribution in [3.8, 4) is 0 Å². The minimum atomic E-state index is -6.79. The molecule has 0 fully saturated rings. The molecule has 0 aromatic carbocycles. The van der Waals surface area contributed by atoms with Gasteiger partial charge >= 0.3 is 18.5 Å². The van der Waals surface area contributed by atoms with Gasteiger partial charge < -0.3 is 0 Å². The maximum atomic E-state index is 13.0. The maximum Gasteiger partial charge on any atom is 0.431 e. The molecule has 0 heterocycles. The van der Waals surface area contributed by atoms with Gasteiger partial charge in [0.1, 0.15) is 18.1 Å². The van der Waals surface area contributed by atoms with Crippen molar-refractivity contribution in [1.82, 2.24) is 0 Å². The third kappa shape index (κ3) is 3.72. The average Bonchev–Trinajstić information content (AvgIpc) is 2.19. The summed E-state index contributed by atoms with van der Waals surface area (Å²) < 4.78 is 146. The van der Waals surface area contributed by atoms with E-state index in [1.165, 1.54) is 0 Å². The zero-order valence-corrected chi connectivity index (χ0v) is 8.90. The summed E-state index contributed by atoms with van der Waals surface area (Å²) in [6.45, 7) is 0. The SMILES string of the molecule is FC=C(F)C(CC(F)(C(F)(F)F)C(F)(F)F)C(F)(F)F. The molecule has 12 heteroatoms. The van der Waals surface area contributed by atoms with E-state index >= 15 is 0 Å². The van der Waals surface area contributed by atoms with E-state index < -0.39 is 48.7 Å². The molecule has 1 atom stereocenters. The van der Waals surface area contributed by atoms with Crippen LogP contribution in [0.3, 0.4) is 0 Å². The summed E-state index contributed by atoms with van der Waals surface area (Å²) in [4.78, 5) is 0. The van der Waals surface area contributed by atoms with Crippen LogP contribution in [-0.2, 0) is 0 Å². The smallest absolute Gasteiger partial charge is 0.224 e. The molecule has 0 aliphatic rings. The van der Waals surface area contributed by atoms with Crippen molar-refractivity contribution in [3.05, 3.63) is 12.2 Å². The van der Waals surface area contributed by atoms with Crippen molar-refractivity contribution in [2.75, 3.05) is 0 Å². The van der Waals surface area contributed by atoms with E-state index in [0.717, 1.165) is 0 Å². The van der Waals surface area contributed by atoms with Crippen LogP contribution in [0, 0.1) is 5.92 Å². The Labute approximate surface area is 103 Å². The Bertz CT molecular complexity index is 341. The van der Waals surface area contributed by atoms with Gasteiger partial charge in [0.25, 0.3) is 5.67 Å². The second-order valence-corrected chi connectivity index (χ2v) is 3.59. The van der Waals surface area contributed by atoms with Crippen LogP contribution in [0.5, 0.6) is 0 Å². The summed E-state index contributed by atoms with van der Waals surface area (Å²) in [5, 5.41) is 0. The predicted molar refractivity (Wildman–Crippen MR) is 40.4 cm³/mol. The van der Waals surface area contributed by atoms with E-state index in [0.29, 0.717) is 0 Å². The largest absolute Gasteiger partial charge is 0.431 e. The highest BCUT2D eigenvalue weighted by Crippen LogP contribution is 2.52. The highest BCUT2D eigenvalue weighted by atomic mass is 19.4. The number of halogens is 12. The molecule has 0 rings (SSSR count). The molecular formula is C8H4F12. The van der Waals surface area contributed by atoms with Gasteiger partial charge in [-0.25, -0.2) is 13.2 Å². The highest BCUT2D eigenvalue weighted by Gasteiger charge is 2.74. The Morgan fingerprint density at radius 3 is 1.35 bits per heavy atom. The first-order valence-electron chi connectivity index (χ1n) is 4.42. The van der Waals surface area contributed by atoms with Crippen LogP contribution in [0.1, 0.15) is 6.42 Å². The summed E-state index contributed by atoms with van der Waals surface area (Å²) in [5.41, 5.74) is -6.33. The van der Waals surface area contributed by atoms with E-state index in [1.807, 2.05) is 0 Å². The Kier molecular flexibility index (Phi) is 5.06. The lowest BCUT2D eigenvalue weighted by Gasteiger charge is -2.33. The molecule has 120 valence electrons. The maximum absolute atomic E-state index is 13.0. The summed E-state index contributed by atoms with van der Waals surface area (Å²) >= 11 is 0. The molecule has 0 aromatic heterocycles. The van der Waals surface area contributed by atoms with Crippen LogP contribution in [-0.4, -0.2) is 24.2 Å². The molecule has 0 nitrogen and oxygen atoms in total. The van der Waals surface area contributed by atoms with Crippen molar-refractivity contribution < 1.29 is 52.7 Å². The van der Waals surface area contributed by atoms with Gasteiger partial charge in [0.15, 0.2) is 0 Å². The zero-order valence-electron chi connectivity index (χ0n) is 8.90. The lowest BCUT2D eigenvalue weighted by molar-refractivity contribution is -0.351. The topological polar surface area (TPSA) is 0 Å². The molecule has 0 aromatic rings. The van der Waals surface area contributed by atoms with Gasteiger partial charge in [0.05, 0.1) is 0 Å². The fourth-order valence-electron chi connectivity index (χ4n) is 1.12. The van der Waals surface area contributed by atoms with Crippen LogP contribution in [0.2, 0.25) is 0 Å². The third-order valence-corrected chi connectivity index (χ3v) is 2.22. The molecule has 20 heavy (non-hydrogen) atoms. The Morgan fingerprint density at radius 1 is 0.800 bits per heavy atom. The average molecular weight is 328 g/mol. The molecule has 0 bridgehead atoms. The van der Waals surface area contributed by atoms with Crippen LogP contribution < -0.4 is 0 Å². The Balaban J connectivity index is 5.79. The van der Waals surface area contributed by atoms with Crippen molar-refractivity contribution in [3.63, 3.8) is 0 Å². The lowest BCUT2D eigenvalue weighted by atomic mass is 9.89. The zero-order chi connectivity index (χ0) is 16.6. The van der Waals surface area contributed by atoms with E-state index in [-0.39, 0.29) is 0 Å². The van der Waals surface area contributed by atoms with Crippen molar-refractivity contribution in [2.45, 2.75) is 30.6 Å². The summed E-state index contributed by atoms with van der Waals surface area (Å²) in [6, 6.07) is 0. The molecule has 0 N–H and O–H groups in total. The first kappa shape index (κ1) is 18.9. The van der Waals surface area contributed by atoms with Crippen molar-refractivity contribution in [1.29, 1.82) is 0 Å². The van der Waals surface area contributed by atoms with Crippen molar-refractivity contribution in [2.24, 2.45) is 5.92 Å². The molecule has 0 saturated heterocycles. The molecule has 0 aliphatic heterocycles. The second kappa shape index (κ2) is 5.35. The lowest BCUT2D eigenvalue weighted by Crippen LogP contribution is -2.55. The fourth-order valence-corrected chi connectivity index (χ4v) is 1.12. The van der Waals surface area contributed by atoms with Crippen LogP contribution in [0.15, 0.2) is 12.2 Å². The normalized spacial score (nSPS) is 17.3. The predicted octanol–water partition coefficient (Wildman–Crippen LogP) is 5.17. The van der Waals surface area contributed by atoms with Crippen LogP contribution >= 0.6 is 0 Å². The molecule has 0 spiro atoms. The molecule has 0 radical (unpaired) electrons. The number of hydrogen-bond donors (Lipinski definition) is 0. The van der Waals surface area contributed by atoms with Gasteiger partial charge in [-0.15, -0.1) is 0 Å². The number of alkyl halides is 10. The van der Waals surface area contributed by atoms with Gasteiger partial charge in [-0.2, -0.15) is 39.5 Å². The van der Waals surface area contributed by atoms with E-state index in [9.17, 15) is 52.7 Å². The summed E-state index contributed by atoms with van der Waals surface area (Å²) in [6.07, 6.45) is -24.5. The van der Waals surface area contributed by atoms with Crippen LogP contribution in [0.4, 0.5) is 52.7 Å². The molecule has 0 saturated carbocycles. The van der Waals surface area contributed by atoms with Gasteiger partial charge in [0, 0.05) is 6.42 Å². The first-order chi connectivity index (χ1) is 8.58. The molecule has 0 aliphatic carbocycles. The highest BCUT2D eigenvalue weighted by molar-refractivity contribution is 5.05. The van der Waals surface area contributed by atoms with Crippen molar-refractivity contribution >= 4 is 0 Å². The van der Waals surface area contributed by atoms with Gasteiger partial charge in [-0.1, -0.05) is 0 Å². The monoisotopic (exact) mass is 328 g/mol.